The fraction of sp³-hybridized carbons (Fsp3) is 0.133. The molecule has 1 aromatic carbocycles. The highest BCUT2D eigenvalue weighted by Crippen LogP contribution is 2.33. The number of hydrogen-bond acceptors (Lipinski definition) is 4. The van der Waals surface area contributed by atoms with Gasteiger partial charge in [0.2, 0.25) is 0 Å². The quantitative estimate of drug-likeness (QED) is 0.657. The molecule has 21 heavy (non-hydrogen) atoms. The Morgan fingerprint density at radius 3 is 2.81 bits per heavy atom. The van der Waals surface area contributed by atoms with Crippen molar-refractivity contribution in [1.29, 1.82) is 0 Å². The van der Waals surface area contributed by atoms with E-state index < -0.39 is 0 Å². The van der Waals surface area contributed by atoms with Gasteiger partial charge in [0.05, 0.1) is 9.90 Å². The first-order chi connectivity index (χ1) is 10.2. The zero-order chi connectivity index (χ0) is 14.7. The van der Waals surface area contributed by atoms with Crippen molar-refractivity contribution in [3.63, 3.8) is 0 Å². The molecule has 0 fully saturated rings. The molecule has 0 bridgehead atoms. The van der Waals surface area contributed by atoms with E-state index >= 15 is 0 Å². The third-order valence-corrected chi connectivity index (χ3v) is 5.36. The van der Waals surface area contributed by atoms with Gasteiger partial charge in [-0.05, 0) is 23.6 Å². The molecule has 0 amide bonds. The second kappa shape index (κ2) is 6.90. The standard InChI is InChI=1S/C15H12Cl2N2S2/c16-10-3-4-12(13(17)6-10)14-8-19-15(21-14)9-18-7-11-2-1-5-20-11/h1-6,8,18H,7,9H2. The Balaban J connectivity index is 1.65. The molecule has 2 aromatic heterocycles. The third-order valence-electron chi connectivity index (χ3n) is 2.91. The van der Waals surface area contributed by atoms with Gasteiger partial charge in [-0.3, -0.25) is 0 Å². The zero-order valence-corrected chi connectivity index (χ0v) is 14.1. The highest BCUT2D eigenvalue weighted by molar-refractivity contribution is 7.15. The molecule has 2 heterocycles. The van der Waals surface area contributed by atoms with Crippen molar-refractivity contribution in [2.75, 3.05) is 0 Å². The first-order valence-corrected chi connectivity index (χ1v) is 8.81. The molecule has 6 heteroatoms. The van der Waals surface area contributed by atoms with Crippen molar-refractivity contribution in [1.82, 2.24) is 10.3 Å². The summed E-state index contributed by atoms with van der Waals surface area (Å²) in [7, 11) is 0. The van der Waals surface area contributed by atoms with E-state index in [1.807, 2.05) is 18.3 Å². The fourth-order valence-corrected chi connectivity index (χ4v) is 4.08. The molecule has 0 saturated heterocycles. The highest BCUT2D eigenvalue weighted by Gasteiger charge is 2.08. The van der Waals surface area contributed by atoms with Gasteiger partial charge < -0.3 is 5.32 Å². The van der Waals surface area contributed by atoms with Gasteiger partial charge in [-0.15, -0.1) is 22.7 Å². The Hall–Kier alpha value is -0.910. The summed E-state index contributed by atoms with van der Waals surface area (Å²) in [5.41, 5.74) is 0.975. The van der Waals surface area contributed by atoms with Crippen LogP contribution in [-0.2, 0) is 13.1 Å². The van der Waals surface area contributed by atoms with Crippen LogP contribution in [0.5, 0.6) is 0 Å². The first kappa shape index (κ1) is 15.0. The SMILES string of the molecule is Clc1ccc(-c2cnc(CNCc3cccs3)s2)c(Cl)c1. The Kier molecular flexibility index (Phi) is 4.93. The average Bonchev–Trinajstić information content (AvgIpc) is 3.10. The number of halogens is 2. The van der Waals surface area contributed by atoms with Crippen LogP contribution in [0.2, 0.25) is 10.0 Å². The second-order valence-corrected chi connectivity index (χ2v) is 7.42. The predicted molar refractivity (Wildman–Crippen MR) is 92.4 cm³/mol. The minimum Gasteiger partial charge on any atom is -0.306 e. The van der Waals surface area contributed by atoms with Gasteiger partial charge in [0.15, 0.2) is 0 Å². The van der Waals surface area contributed by atoms with Crippen LogP contribution in [0.3, 0.4) is 0 Å². The third kappa shape index (κ3) is 3.84. The lowest BCUT2D eigenvalue weighted by Crippen LogP contribution is -2.11. The van der Waals surface area contributed by atoms with Gasteiger partial charge in [-0.2, -0.15) is 0 Å². The average molecular weight is 355 g/mol. The molecule has 0 aliphatic carbocycles. The van der Waals surface area contributed by atoms with Crippen LogP contribution in [0, 0.1) is 0 Å². The van der Waals surface area contributed by atoms with Crippen LogP contribution >= 0.6 is 45.9 Å². The lowest BCUT2D eigenvalue weighted by Gasteiger charge is -2.01. The molecule has 2 nitrogen and oxygen atoms in total. The molecule has 0 atom stereocenters. The molecule has 0 saturated carbocycles. The van der Waals surface area contributed by atoms with Crippen molar-refractivity contribution in [3.8, 4) is 10.4 Å². The maximum absolute atomic E-state index is 6.23. The minimum atomic E-state index is 0.645. The summed E-state index contributed by atoms with van der Waals surface area (Å²) in [5.74, 6) is 0. The van der Waals surface area contributed by atoms with Gasteiger partial charge in [-0.1, -0.05) is 35.3 Å². The number of nitrogens with one attached hydrogen (secondary N) is 1. The largest absolute Gasteiger partial charge is 0.306 e. The lowest BCUT2D eigenvalue weighted by molar-refractivity contribution is 0.697. The van der Waals surface area contributed by atoms with Crippen LogP contribution in [0.25, 0.3) is 10.4 Å². The molecular weight excluding hydrogens is 343 g/mol. The predicted octanol–water partition coefficient (Wildman–Crippen LogP) is 5.47. The maximum atomic E-state index is 6.23. The van der Waals surface area contributed by atoms with E-state index in [-0.39, 0.29) is 0 Å². The van der Waals surface area contributed by atoms with Crippen LogP contribution in [0.15, 0.2) is 41.9 Å². The highest BCUT2D eigenvalue weighted by atomic mass is 35.5. The van der Waals surface area contributed by atoms with Crippen LogP contribution < -0.4 is 5.32 Å². The summed E-state index contributed by atoms with van der Waals surface area (Å²) in [4.78, 5) is 6.83. The second-order valence-electron chi connectivity index (χ2n) is 4.43. The van der Waals surface area contributed by atoms with Gasteiger partial charge in [0.1, 0.15) is 5.01 Å². The molecule has 108 valence electrons. The Bertz CT molecular complexity index is 723. The van der Waals surface area contributed by atoms with E-state index in [0.717, 1.165) is 28.5 Å². The molecule has 0 aliphatic heterocycles. The maximum Gasteiger partial charge on any atom is 0.107 e. The van der Waals surface area contributed by atoms with Crippen LogP contribution in [0.1, 0.15) is 9.88 Å². The molecule has 0 radical (unpaired) electrons. The number of rotatable bonds is 5. The Labute approximate surface area is 141 Å². The molecule has 0 spiro atoms. The van der Waals surface area contributed by atoms with E-state index in [4.69, 9.17) is 23.2 Å². The Morgan fingerprint density at radius 2 is 2.05 bits per heavy atom. The molecule has 1 N–H and O–H groups in total. The number of thiazole rings is 1. The summed E-state index contributed by atoms with van der Waals surface area (Å²) in [6.45, 7) is 1.63. The van der Waals surface area contributed by atoms with Gasteiger partial charge in [-0.25, -0.2) is 4.98 Å². The van der Waals surface area contributed by atoms with Crippen molar-refractivity contribution in [2.45, 2.75) is 13.1 Å². The van der Waals surface area contributed by atoms with Gasteiger partial charge >= 0.3 is 0 Å². The molecular formula is C15H12Cl2N2S2. The number of nitrogens with zero attached hydrogens (tertiary/aromatic N) is 1. The van der Waals surface area contributed by atoms with Crippen molar-refractivity contribution in [3.05, 3.63) is 61.8 Å². The zero-order valence-electron chi connectivity index (χ0n) is 11.0. The first-order valence-electron chi connectivity index (χ1n) is 6.35. The minimum absolute atomic E-state index is 0.645. The Morgan fingerprint density at radius 1 is 1.14 bits per heavy atom. The van der Waals surface area contributed by atoms with E-state index in [9.17, 15) is 0 Å². The summed E-state index contributed by atoms with van der Waals surface area (Å²) < 4.78 is 0. The normalized spacial score (nSPS) is 11.0. The number of aromatic nitrogens is 1. The molecule has 0 unspecified atom stereocenters. The smallest absolute Gasteiger partial charge is 0.107 e. The lowest BCUT2D eigenvalue weighted by atomic mass is 10.2. The number of benzene rings is 1. The number of thiophene rings is 1. The van der Waals surface area contributed by atoms with Crippen molar-refractivity contribution < 1.29 is 0 Å². The fourth-order valence-electron chi connectivity index (χ4n) is 1.91. The van der Waals surface area contributed by atoms with E-state index in [2.05, 4.69) is 27.8 Å². The van der Waals surface area contributed by atoms with Gasteiger partial charge in [0.25, 0.3) is 0 Å². The molecule has 3 rings (SSSR count). The topological polar surface area (TPSA) is 24.9 Å². The summed E-state index contributed by atoms with van der Waals surface area (Å²) in [6, 6.07) is 9.72. The summed E-state index contributed by atoms with van der Waals surface area (Å²) in [5, 5.41) is 7.83. The van der Waals surface area contributed by atoms with E-state index in [0.29, 0.717) is 10.0 Å². The molecule has 0 aliphatic rings. The molecule has 3 aromatic rings. The summed E-state index contributed by atoms with van der Waals surface area (Å²) >= 11 is 15.5. The summed E-state index contributed by atoms with van der Waals surface area (Å²) in [6.07, 6.45) is 1.86. The van der Waals surface area contributed by atoms with Crippen LogP contribution in [-0.4, -0.2) is 4.98 Å². The van der Waals surface area contributed by atoms with Crippen LogP contribution in [0.4, 0.5) is 0 Å². The number of hydrogen-bond donors (Lipinski definition) is 1. The van der Waals surface area contributed by atoms with Crippen molar-refractivity contribution in [2.24, 2.45) is 0 Å². The monoisotopic (exact) mass is 354 g/mol. The van der Waals surface area contributed by atoms with Gasteiger partial charge in [0, 0.05) is 34.7 Å². The van der Waals surface area contributed by atoms with E-state index in [1.165, 1.54) is 4.88 Å². The van der Waals surface area contributed by atoms with Crippen molar-refractivity contribution >= 4 is 45.9 Å². The van der Waals surface area contributed by atoms with E-state index in [1.54, 1.807) is 28.7 Å².